The third kappa shape index (κ3) is 19.4. The molecule has 3 aromatic heterocycles. The number of aromatic nitrogens is 5. The van der Waals surface area contributed by atoms with Crippen LogP contribution in [0.5, 0.6) is 5.75 Å². The standard InChI is InChI=1S/C42H62N6O12/c1-2-11-51-13-15-53-17-19-55-21-23-57-25-27-59-29-30-60-28-26-58-24-22-56-20-18-54-16-14-52-12-9-35(49)6-4-3-5-10-48-42-39(41(43)44-33-45-42)40(47-48)38-32-34-31-36(50)7-8-37(34)46-38/h1,7-8,31-33,46,50H,3-6,9-30H2,(H2,43,44,45). The number of H-pyrrole nitrogens is 1. The Kier molecular flexibility index (Phi) is 24.8. The number of aryl methyl sites for hydroxylation is 1. The maximum absolute atomic E-state index is 12.4. The molecule has 0 fully saturated rings. The highest BCUT2D eigenvalue weighted by Gasteiger charge is 2.18. The first-order chi connectivity index (χ1) is 29.6. The van der Waals surface area contributed by atoms with Crippen LogP contribution >= 0.6 is 0 Å². The molecule has 4 N–H and O–H groups in total. The second kappa shape index (κ2) is 30.7. The summed E-state index contributed by atoms with van der Waals surface area (Å²) in [5.74, 6) is 3.12. The highest BCUT2D eigenvalue weighted by molar-refractivity contribution is 6.00. The van der Waals surface area contributed by atoms with Gasteiger partial charge in [0, 0.05) is 30.3 Å². The Labute approximate surface area is 351 Å². The van der Waals surface area contributed by atoms with E-state index in [-0.39, 0.29) is 11.5 Å². The molecule has 0 bridgehead atoms. The van der Waals surface area contributed by atoms with Gasteiger partial charge in [-0.1, -0.05) is 12.3 Å². The molecule has 0 aliphatic rings. The lowest BCUT2D eigenvalue weighted by Gasteiger charge is -2.09. The number of nitrogens with two attached hydrogens (primary N) is 1. The van der Waals surface area contributed by atoms with Gasteiger partial charge in [-0.05, 0) is 37.1 Å². The second-order valence-electron chi connectivity index (χ2n) is 13.4. The summed E-state index contributed by atoms with van der Waals surface area (Å²) in [6.45, 7) is 9.90. The smallest absolute Gasteiger partial charge is 0.164 e. The van der Waals surface area contributed by atoms with Gasteiger partial charge in [-0.15, -0.1) is 6.42 Å². The van der Waals surface area contributed by atoms with E-state index in [0.717, 1.165) is 35.9 Å². The number of phenolic OH excluding ortho intramolecular Hbond substituents is 1. The predicted octanol–water partition coefficient (Wildman–Crippen LogP) is 3.58. The minimum absolute atomic E-state index is 0.180. The van der Waals surface area contributed by atoms with Crippen molar-refractivity contribution >= 4 is 33.5 Å². The molecule has 60 heavy (non-hydrogen) atoms. The molecule has 4 rings (SSSR count). The lowest BCUT2D eigenvalue weighted by atomic mass is 10.1. The number of aromatic hydroxyl groups is 1. The molecule has 18 nitrogen and oxygen atoms in total. The van der Waals surface area contributed by atoms with Crippen molar-refractivity contribution in [1.82, 2.24) is 24.7 Å². The van der Waals surface area contributed by atoms with Gasteiger partial charge in [0.05, 0.1) is 137 Å². The van der Waals surface area contributed by atoms with Crippen LogP contribution in [-0.4, -0.2) is 168 Å². The first-order valence-electron chi connectivity index (χ1n) is 20.6. The third-order valence-corrected chi connectivity index (χ3v) is 8.80. The number of aromatic amines is 1. The van der Waals surface area contributed by atoms with Crippen LogP contribution in [0.1, 0.15) is 32.1 Å². The maximum atomic E-state index is 12.4. The van der Waals surface area contributed by atoms with Crippen LogP contribution in [0.2, 0.25) is 0 Å². The Balaban J connectivity index is 0.862. The van der Waals surface area contributed by atoms with E-state index in [4.69, 9.17) is 64.6 Å². The zero-order valence-electron chi connectivity index (χ0n) is 34.7. The van der Waals surface area contributed by atoms with Crippen molar-refractivity contribution in [3.8, 4) is 29.5 Å². The average molecular weight is 843 g/mol. The number of carbonyl (C=O) groups is 1. The summed E-state index contributed by atoms with van der Waals surface area (Å²) in [5, 5.41) is 16.2. The van der Waals surface area contributed by atoms with Crippen LogP contribution in [0.25, 0.3) is 33.3 Å². The van der Waals surface area contributed by atoms with Gasteiger partial charge < -0.3 is 63.2 Å². The summed E-state index contributed by atoms with van der Waals surface area (Å²) < 4.78 is 56.3. The van der Waals surface area contributed by atoms with Crippen LogP contribution in [0.4, 0.5) is 5.82 Å². The Hall–Kier alpha value is -4.26. The Morgan fingerprint density at radius 1 is 0.667 bits per heavy atom. The van der Waals surface area contributed by atoms with Gasteiger partial charge in [-0.2, -0.15) is 5.10 Å². The van der Waals surface area contributed by atoms with Crippen LogP contribution in [0.3, 0.4) is 0 Å². The van der Waals surface area contributed by atoms with Crippen LogP contribution in [0.15, 0.2) is 30.6 Å². The number of nitrogen functional groups attached to an aromatic ring is 1. The molecule has 1 aromatic carbocycles. The normalized spacial score (nSPS) is 11.6. The summed E-state index contributed by atoms with van der Waals surface area (Å²) in [4.78, 5) is 24.3. The molecule has 0 unspecified atom stereocenters. The number of hydrogen-bond donors (Lipinski definition) is 3. The number of Topliss-reactive ketones (excluding diaryl/α,β-unsaturated/α-hetero) is 1. The van der Waals surface area contributed by atoms with Crippen molar-refractivity contribution < 1.29 is 57.3 Å². The van der Waals surface area contributed by atoms with Gasteiger partial charge in [-0.25, -0.2) is 14.6 Å². The lowest BCUT2D eigenvalue weighted by molar-refractivity contribution is -0.120. The fraction of sp³-hybridized carbons (Fsp3) is 0.619. The van der Waals surface area contributed by atoms with Crippen molar-refractivity contribution in [2.45, 2.75) is 38.6 Å². The highest BCUT2D eigenvalue weighted by Crippen LogP contribution is 2.32. The van der Waals surface area contributed by atoms with Crippen molar-refractivity contribution in [2.75, 3.05) is 138 Å². The Morgan fingerprint density at radius 2 is 1.18 bits per heavy atom. The summed E-state index contributed by atoms with van der Waals surface area (Å²) in [6.07, 6.45) is 9.89. The molecule has 0 saturated heterocycles. The molecule has 4 aromatic rings. The fourth-order valence-corrected chi connectivity index (χ4v) is 5.80. The van der Waals surface area contributed by atoms with E-state index < -0.39 is 0 Å². The number of rotatable bonds is 38. The number of fused-ring (bicyclic) bond motifs is 2. The number of carbonyl (C=O) groups excluding carboxylic acids is 1. The van der Waals surface area contributed by atoms with Gasteiger partial charge in [0.25, 0.3) is 0 Å². The van der Waals surface area contributed by atoms with E-state index in [1.807, 2.05) is 16.8 Å². The van der Waals surface area contributed by atoms with Crippen molar-refractivity contribution in [1.29, 1.82) is 0 Å². The number of nitrogens with zero attached hydrogens (tertiary/aromatic N) is 4. The van der Waals surface area contributed by atoms with Crippen molar-refractivity contribution in [3.63, 3.8) is 0 Å². The molecule has 0 amide bonds. The van der Waals surface area contributed by atoms with E-state index >= 15 is 0 Å². The number of benzene rings is 1. The SMILES string of the molecule is C#CCOCCOCCOCCOCCOCCOCCOCCOCCOCCOCCC(=O)CCCCCn1nc(-c2cc3cc(O)ccc3[nH]2)c2c(N)ncnc21. The molecule has 18 heteroatoms. The largest absolute Gasteiger partial charge is 0.508 e. The van der Waals surface area contributed by atoms with E-state index in [1.165, 1.54) is 6.33 Å². The van der Waals surface area contributed by atoms with Gasteiger partial charge in [0.1, 0.15) is 36.0 Å². The minimum Gasteiger partial charge on any atom is -0.508 e. The van der Waals surface area contributed by atoms with E-state index in [2.05, 4.69) is 20.9 Å². The first-order valence-corrected chi connectivity index (χ1v) is 20.6. The zero-order chi connectivity index (χ0) is 42.3. The van der Waals surface area contributed by atoms with E-state index in [1.54, 1.807) is 12.1 Å². The molecule has 3 heterocycles. The first kappa shape index (κ1) is 48.4. The predicted molar refractivity (Wildman–Crippen MR) is 224 cm³/mol. The van der Waals surface area contributed by atoms with Crippen molar-refractivity contribution in [2.24, 2.45) is 0 Å². The molecule has 0 saturated carbocycles. The number of terminal acetylenes is 1. The molecule has 0 atom stereocenters. The topological polar surface area (TPSA) is 215 Å². The molecule has 0 aliphatic carbocycles. The summed E-state index contributed by atoms with van der Waals surface area (Å²) in [7, 11) is 0. The second-order valence-corrected chi connectivity index (χ2v) is 13.4. The summed E-state index contributed by atoms with van der Waals surface area (Å²) in [5.41, 5.74) is 9.20. The highest BCUT2D eigenvalue weighted by atomic mass is 16.6. The number of hydrogen-bond acceptors (Lipinski definition) is 16. The molecule has 332 valence electrons. The molecular formula is C42H62N6O12. The van der Waals surface area contributed by atoms with E-state index in [0.29, 0.717) is 174 Å². The minimum atomic E-state index is 0.180. The average Bonchev–Trinajstić information content (AvgIpc) is 3.84. The number of anilines is 1. The van der Waals surface area contributed by atoms with Crippen LogP contribution in [0, 0.1) is 12.3 Å². The summed E-state index contributed by atoms with van der Waals surface area (Å²) >= 11 is 0. The van der Waals surface area contributed by atoms with E-state index in [9.17, 15) is 9.90 Å². The summed E-state index contributed by atoms with van der Waals surface area (Å²) in [6, 6.07) is 7.06. The number of unbranched alkanes of at least 4 members (excludes halogenated alkanes) is 2. The van der Waals surface area contributed by atoms with Crippen LogP contribution in [-0.2, 0) is 58.7 Å². The van der Waals surface area contributed by atoms with Gasteiger partial charge in [0.2, 0.25) is 0 Å². The zero-order valence-corrected chi connectivity index (χ0v) is 34.7. The third-order valence-electron chi connectivity index (χ3n) is 8.80. The molecule has 0 radical (unpaired) electrons. The van der Waals surface area contributed by atoms with Gasteiger partial charge >= 0.3 is 0 Å². The fourth-order valence-electron chi connectivity index (χ4n) is 5.80. The van der Waals surface area contributed by atoms with Gasteiger partial charge in [0.15, 0.2) is 5.65 Å². The molecule has 0 spiro atoms. The number of ether oxygens (including phenoxy) is 10. The molecule has 0 aliphatic heterocycles. The number of phenols is 1. The number of ketones is 1. The lowest BCUT2D eigenvalue weighted by Crippen LogP contribution is -2.15. The Morgan fingerprint density at radius 3 is 1.72 bits per heavy atom. The maximum Gasteiger partial charge on any atom is 0.164 e. The molecular weight excluding hydrogens is 780 g/mol. The van der Waals surface area contributed by atoms with Gasteiger partial charge in [-0.3, -0.25) is 4.79 Å². The monoisotopic (exact) mass is 842 g/mol. The quantitative estimate of drug-likeness (QED) is 0.0434. The van der Waals surface area contributed by atoms with Crippen molar-refractivity contribution in [3.05, 3.63) is 30.6 Å². The number of nitrogens with one attached hydrogen (secondary N) is 1. The van der Waals surface area contributed by atoms with Crippen LogP contribution < -0.4 is 5.73 Å². The Bertz CT molecular complexity index is 1800.